The third-order valence-corrected chi connectivity index (χ3v) is 12.6. The lowest BCUT2D eigenvalue weighted by Gasteiger charge is -2.23. The number of rotatable bonds is 38. The van der Waals surface area contributed by atoms with Crippen LogP contribution in [0.2, 0.25) is 0 Å². The molecule has 0 aliphatic carbocycles. The highest BCUT2D eigenvalue weighted by molar-refractivity contribution is 8.07. The van der Waals surface area contributed by atoms with E-state index in [1.54, 1.807) is 0 Å². The van der Waals surface area contributed by atoms with Gasteiger partial charge in [0.1, 0.15) is 6.61 Å². The van der Waals surface area contributed by atoms with Gasteiger partial charge in [0.15, 0.2) is 6.10 Å². The Labute approximate surface area is 326 Å². The molecule has 0 radical (unpaired) electrons. The van der Waals surface area contributed by atoms with Gasteiger partial charge in [-0.05, 0) is 37.5 Å². The molecule has 1 unspecified atom stereocenters. The van der Waals surface area contributed by atoms with E-state index in [-0.39, 0.29) is 25.2 Å². The Morgan fingerprint density at radius 2 is 0.827 bits per heavy atom. The second-order valence-electron chi connectivity index (χ2n) is 15.3. The maximum Gasteiger partial charge on any atom is 0.327 e. The van der Waals surface area contributed by atoms with Crippen molar-refractivity contribution in [3.63, 3.8) is 0 Å². The molecule has 52 heavy (non-hydrogen) atoms. The van der Waals surface area contributed by atoms with E-state index < -0.39 is 12.8 Å². The number of esters is 2. The van der Waals surface area contributed by atoms with E-state index in [0.717, 1.165) is 51.4 Å². The number of hydrogen-bond donors (Lipinski definition) is 0. The Balaban J connectivity index is 2.19. The first-order valence-electron chi connectivity index (χ1n) is 22.4. The van der Waals surface area contributed by atoms with Crippen LogP contribution in [0, 0.1) is 0 Å². The van der Waals surface area contributed by atoms with Gasteiger partial charge in [0.2, 0.25) is 0 Å². The standard InChI is InChI=1S/C43H83O7PS/c1-3-5-7-9-11-13-15-17-19-21-23-25-27-29-31-35-42(44)46-39-41(40-49-51(52)47-37-33-34-38-48-51)50-43(45)36-32-30-28-26-24-22-20-18-16-14-12-10-8-6-4-2/h41H,3-40H2,1-2H3. The van der Waals surface area contributed by atoms with Crippen LogP contribution in [0.4, 0.5) is 0 Å². The molecule has 0 amide bonds. The highest BCUT2D eigenvalue weighted by Crippen LogP contribution is 2.51. The summed E-state index contributed by atoms with van der Waals surface area (Å²) in [5.74, 6) is -0.552. The largest absolute Gasteiger partial charge is 0.462 e. The quantitative estimate of drug-likeness (QED) is 0.0348. The van der Waals surface area contributed by atoms with Crippen molar-refractivity contribution < 1.29 is 32.6 Å². The molecule has 1 fully saturated rings. The number of hydrogen-bond acceptors (Lipinski definition) is 8. The number of unbranched alkanes of at least 4 members (excludes halogenated alkanes) is 28. The molecular weight excluding hydrogens is 692 g/mol. The smallest absolute Gasteiger partial charge is 0.327 e. The third kappa shape index (κ3) is 32.9. The van der Waals surface area contributed by atoms with Crippen molar-refractivity contribution in [1.82, 2.24) is 0 Å². The molecule has 0 aromatic carbocycles. The maximum absolute atomic E-state index is 12.7. The van der Waals surface area contributed by atoms with Crippen LogP contribution in [0.5, 0.6) is 0 Å². The summed E-state index contributed by atoms with van der Waals surface area (Å²) in [6.07, 6.45) is 40.2. The van der Waals surface area contributed by atoms with Crippen LogP contribution in [0.1, 0.15) is 232 Å². The molecule has 308 valence electrons. The van der Waals surface area contributed by atoms with Crippen molar-refractivity contribution in [1.29, 1.82) is 0 Å². The fourth-order valence-corrected chi connectivity index (χ4v) is 8.65. The highest BCUT2D eigenvalue weighted by Gasteiger charge is 2.27. The topological polar surface area (TPSA) is 80.3 Å². The zero-order valence-corrected chi connectivity index (χ0v) is 35.9. The maximum atomic E-state index is 12.7. The number of carbonyl (C=O) groups is 2. The van der Waals surface area contributed by atoms with Gasteiger partial charge < -0.3 is 23.0 Å². The van der Waals surface area contributed by atoms with E-state index in [1.807, 2.05) is 0 Å². The van der Waals surface area contributed by atoms with E-state index in [0.29, 0.717) is 26.1 Å². The van der Waals surface area contributed by atoms with E-state index in [1.165, 1.54) is 154 Å². The summed E-state index contributed by atoms with van der Waals surface area (Å²) in [4.78, 5) is 25.3. The van der Waals surface area contributed by atoms with Gasteiger partial charge in [-0.15, -0.1) is 0 Å². The lowest BCUT2D eigenvalue weighted by atomic mass is 10.0. The summed E-state index contributed by atoms with van der Waals surface area (Å²) in [5, 5.41) is 0. The van der Waals surface area contributed by atoms with Crippen LogP contribution < -0.4 is 0 Å². The summed E-state index contributed by atoms with van der Waals surface area (Å²) in [6.45, 7) is 2.59. The highest BCUT2D eigenvalue weighted by atomic mass is 32.5. The predicted octanol–water partition coefficient (Wildman–Crippen LogP) is 14.0. The van der Waals surface area contributed by atoms with Crippen molar-refractivity contribution in [2.75, 3.05) is 26.4 Å². The molecular formula is C43H83O7PS. The van der Waals surface area contributed by atoms with Crippen LogP contribution in [0.25, 0.3) is 0 Å². The Morgan fingerprint density at radius 3 is 1.19 bits per heavy atom. The van der Waals surface area contributed by atoms with Crippen molar-refractivity contribution in [3.05, 3.63) is 0 Å². The molecule has 1 saturated heterocycles. The second kappa shape index (κ2) is 37.4. The van der Waals surface area contributed by atoms with Crippen molar-refractivity contribution >= 4 is 30.5 Å². The molecule has 0 aromatic heterocycles. The van der Waals surface area contributed by atoms with Gasteiger partial charge in [0.05, 0.1) is 19.8 Å². The van der Waals surface area contributed by atoms with Crippen LogP contribution >= 0.6 is 6.72 Å². The van der Waals surface area contributed by atoms with Crippen LogP contribution in [-0.2, 0) is 44.4 Å². The molecule has 1 aliphatic heterocycles. The van der Waals surface area contributed by atoms with Crippen LogP contribution in [0.15, 0.2) is 0 Å². The molecule has 1 heterocycles. The lowest BCUT2D eigenvalue weighted by Crippen LogP contribution is -2.29. The molecule has 1 aliphatic rings. The molecule has 9 heteroatoms. The van der Waals surface area contributed by atoms with Gasteiger partial charge in [-0.2, -0.15) is 0 Å². The zero-order chi connectivity index (χ0) is 37.6. The molecule has 7 nitrogen and oxygen atoms in total. The molecule has 0 aromatic rings. The molecule has 0 saturated carbocycles. The minimum absolute atomic E-state index is 0.00584. The Hall–Kier alpha value is -0.530. The lowest BCUT2D eigenvalue weighted by molar-refractivity contribution is -0.161. The third-order valence-electron chi connectivity index (χ3n) is 10.2. The summed E-state index contributed by atoms with van der Waals surface area (Å²) in [5.41, 5.74) is 0. The average molecular weight is 775 g/mol. The van der Waals surface area contributed by atoms with Gasteiger partial charge in [0.25, 0.3) is 0 Å². The van der Waals surface area contributed by atoms with Gasteiger partial charge in [-0.3, -0.25) is 9.59 Å². The molecule has 0 bridgehead atoms. The minimum Gasteiger partial charge on any atom is -0.462 e. The van der Waals surface area contributed by atoms with E-state index >= 15 is 0 Å². The predicted molar refractivity (Wildman–Crippen MR) is 221 cm³/mol. The first-order valence-corrected chi connectivity index (χ1v) is 24.9. The second-order valence-corrected chi connectivity index (χ2v) is 18.3. The van der Waals surface area contributed by atoms with Gasteiger partial charge >= 0.3 is 18.7 Å². The summed E-state index contributed by atoms with van der Waals surface area (Å²) in [6, 6.07) is 0. The van der Waals surface area contributed by atoms with Crippen molar-refractivity contribution in [2.24, 2.45) is 0 Å². The molecule has 0 spiro atoms. The van der Waals surface area contributed by atoms with E-state index in [9.17, 15) is 9.59 Å². The molecule has 1 rings (SSSR count). The first kappa shape index (κ1) is 49.5. The van der Waals surface area contributed by atoms with Gasteiger partial charge in [-0.1, -0.05) is 194 Å². The monoisotopic (exact) mass is 775 g/mol. The number of carbonyl (C=O) groups excluding carboxylic acids is 2. The first-order chi connectivity index (χ1) is 25.5. The van der Waals surface area contributed by atoms with E-state index in [4.69, 9.17) is 34.9 Å². The normalized spacial score (nSPS) is 15.0. The minimum atomic E-state index is -2.90. The summed E-state index contributed by atoms with van der Waals surface area (Å²) < 4.78 is 28.6. The average Bonchev–Trinajstić information content (AvgIpc) is 3.37. The fraction of sp³-hybridized carbons (Fsp3) is 0.953. The Kier molecular flexibility index (Phi) is 35.6. The molecule has 0 N–H and O–H groups in total. The van der Waals surface area contributed by atoms with Gasteiger partial charge in [0, 0.05) is 12.8 Å². The zero-order valence-electron chi connectivity index (χ0n) is 34.2. The fourth-order valence-electron chi connectivity index (χ4n) is 6.74. The molecule has 1 atom stereocenters. The Bertz CT molecular complexity index is 845. The summed E-state index contributed by atoms with van der Waals surface area (Å²) in [7, 11) is 0. The Morgan fingerprint density at radius 1 is 0.500 bits per heavy atom. The van der Waals surface area contributed by atoms with E-state index in [2.05, 4.69) is 13.8 Å². The SMILES string of the molecule is CCCCCCCCCCCCCCCCCC(=O)OCC(COP1(=S)OCCCCO1)OC(=O)CCCCCCCCCCCCCCCCC. The van der Waals surface area contributed by atoms with Gasteiger partial charge in [-0.25, -0.2) is 0 Å². The van der Waals surface area contributed by atoms with Crippen LogP contribution in [0.3, 0.4) is 0 Å². The number of ether oxygens (including phenoxy) is 2. The van der Waals surface area contributed by atoms with Crippen molar-refractivity contribution in [3.8, 4) is 0 Å². The van der Waals surface area contributed by atoms with Crippen LogP contribution in [-0.4, -0.2) is 44.5 Å². The summed E-state index contributed by atoms with van der Waals surface area (Å²) >= 11 is 5.53. The van der Waals surface area contributed by atoms with Crippen molar-refractivity contribution in [2.45, 2.75) is 238 Å².